The fraction of sp³-hybridized carbons (Fsp3) is 0.667. The van der Waals surface area contributed by atoms with Crippen molar-refractivity contribution in [2.75, 3.05) is 19.7 Å². The molecule has 2 heterocycles. The molecule has 1 atom stereocenters. The molecule has 1 unspecified atom stereocenters. The first-order chi connectivity index (χ1) is 11.4. The van der Waals surface area contributed by atoms with Crippen LogP contribution in [0.1, 0.15) is 55.0 Å². The van der Waals surface area contributed by atoms with Crippen molar-refractivity contribution in [3.63, 3.8) is 0 Å². The second-order valence-electron chi connectivity index (χ2n) is 6.69. The van der Waals surface area contributed by atoms with Crippen LogP contribution in [0.4, 0.5) is 0 Å². The first-order valence-corrected chi connectivity index (χ1v) is 8.64. The summed E-state index contributed by atoms with van der Waals surface area (Å²) >= 11 is 0. The molecule has 24 heavy (non-hydrogen) atoms. The van der Waals surface area contributed by atoms with E-state index in [0.717, 1.165) is 19.4 Å². The van der Waals surface area contributed by atoms with Crippen LogP contribution in [0, 0.1) is 13.8 Å². The molecule has 1 aliphatic rings. The van der Waals surface area contributed by atoms with Crippen molar-refractivity contribution in [1.29, 1.82) is 0 Å². The van der Waals surface area contributed by atoms with Crippen molar-refractivity contribution in [2.24, 2.45) is 0 Å². The molecule has 1 saturated heterocycles. The Morgan fingerprint density at radius 3 is 2.67 bits per heavy atom. The second-order valence-corrected chi connectivity index (χ2v) is 6.69. The van der Waals surface area contributed by atoms with Gasteiger partial charge in [0.05, 0.1) is 11.7 Å². The van der Waals surface area contributed by atoms with Gasteiger partial charge >= 0.3 is 0 Å². The first-order valence-electron chi connectivity index (χ1n) is 8.64. The Morgan fingerprint density at radius 1 is 1.38 bits per heavy atom. The molecule has 6 heteroatoms. The van der Waals surface area contributed by atoms with E-state index in [1.807, 2.05) is 20.8 Å². The number of hydrogen-bond acceptors (Lipinski definition) is 4. The maximum atomic E-state index is 12.9. The number of amides is 2. The lowest BCUT2D eigenvalue weighted by molar-refractivity contribution is -0.121. The summed E-state index contributed by atoms with van der Waals surface area (Å²) < 4.78 is 11.1. The number of carbonyl (C=O) groups excluding carboxylic acids is 2. The molecule has 0 aromatic carbocycles. The van der Waals surface area contributed by atoms with Crippen LogP contribution >= 0.6 is 0 Å². The molecule has 0 bridgehead atoms. The average molecular weight is 336 g/mol. The molecule has 1 N–H and O–H groups in total. The molecular formula is C18H28N2O4. The van der Waals surface area contributed by atoms with E-state index >= 15 is 0 Å². The van der Waals surface area contributed by atoms with E-state index in [4.69, 9.17) is 9.15 Å². The van der Waals surface area contributed by atoms with E-state index < -0.39 is 0 Å². The number of ether oxygens (including phenoxy) is 1. The number of nitrogens with zero attached hydrogens (tertiary/aromatic N) is 1. The SMILES string of the molecule is Cc1cc(C(=O)N(CCC(=O)NC(C)C)CC2CCCO2)c(C)o1. The molecule has 0 spiro atoms. The zero-order valence-electron chi connectivity index (χ0n) is 15.1. The highest BCUT2D eigenvalue weighted by atomic mass is 16.5. The average Bonchev–Trinajstić information content (AvgIpc) is 3.11. The third kappa shape index (κ3) is 5.09. The van der Waals surface area contributed by atoms with E-state index in [-0.39, 0.29) is 30.4 Å². The summed E-state index contributed by atoms with van der Waals surface area (Å²) in [6.07, 6.45) is 2.30. The number of rotatable bonds is 7. The normalized spacial score (nSPS) is 17.3. The summed E-state index contributed by atoms with van der Waals surface area (Å²) in [5.74, 6) is 1.18. The highest BCUT2D eigenvalue weighted by Crippen LogP contribution is 2.19. The fourth-order valence-electron chi connectivity index (χ4n) is 2.95. The highest BCUT2D eigenvalue weighted by molar-refractivity contribution is 5.95. The molecule has 2 amide bonds. The maximum absolute atomic E-state index is 12.9. The molecule has 2 rings (SSSR count). The monoisotopic (exact) mass is 336 g/mol. The lowest BCUT2D eigenvalue weighted by Crippen LogP contribution is -2.40. The highest BCUT2D eigenvalue weighted by Gasteiger charge is 2.26. The first kappa shape index (κ1) is 18.5. The van der Waals surface area contributed by atoms with Gasteiger partial charge in [0.1, 0.15) is 11.5 Å². The number of carbonyl (C=O) groups is 2. The Bertz CT molecular complexity index is 574. The summed E-state index contributed by atoms with van der Waals surface area (Å²) in [6.45, 7) is 9.08. The molecule has 6 nitrogen and oxygen atoms in total. The third-order valence-corrected chi connectivity index (χ3v) is 4.07. The van der Waals surface area contributed by atoms with Crippen LogP contribution in [-0.4, -0.2) is 48.6 Å². The molecule has 1 aromatic heterocycles. The van der Waals surface area contributed by atoms with E-state index in [1.165, 1.54) is 0 Å². The van der Waals surface area contributed by atoms with Crippen molar-refractivity contribution in [1.82, 2.24) is 10.2 Å². The molecule has 1 aliphatic heterocycles. The van der Waals surface area contributed by atoms with Gasteiger partial charge in [0, 0.05) is 32.2 Å². The Morgan fingerprint density at radius 2 is 2.12 bits per heavy atom. The smallest absolute Gasteiger partial charge is 0.257 e. The van der Waals surface area contributed by atoms with Crippen LogP contribution in [0.15, 0.2) is 10.5 Å². The predicted molar refractivity (Wildman–Crippen MR) is 91.0 cm³/mol. The largest absolute Gasteiger partial charge is 0.466 e. The van der Waals surface area contributed by atoms with Gasteiger partial charge in [-0.3, -0.25) is 9.59 Å². The Balaban J connectivity index is 2.05. The van der Waals surface area contributed by atoms with Gasteiger partial charge in [-0.15, -0.1) is 0 Å². The van der Waals surface area contributed by atoms with Gasteiger partial charge in [0.15, 0.2) is 0 Å². The van der Waals surface area contributed by atoms with Crippen LogP contribution < -0.4 is 5.32 Å². The Kier molecular flexibility index (Phi) is 6.43. The Hall–Kier alpha value is -1.82. The van der Waals surface area contributed by atoms with Gasteiger partial charge in [-0.2, -0.15) is 0 Å². The summed E-state index contributed by atoms with van der Waals surface area (Å²) in [6, 6.07) is 1.85. The zero-order valence-corrected chi connectivity index (χ0v) is 15.1. The van der Waals surface area contributed by atoms with Crippen molar-refractivity contribution >= 4 is 11.8 Å². The summed E-state index contributed by atoms with van der Waals surface area (Å²) in [4.78, 5) is 26.5. The lowest BCUT2D eigenvalue weighted by atomic mass is 10.1. The van der Waals surface area contributed by atoms with E-state index in [1.54, 1.807) is 17.9 Å². The van der Waals surface area contributed by atoms with Crippen molar-refractivity contribution in [3.8, 4) is 0 Å². The van der Waals surface area contributed by atoms with Gasteiger partial charge < -0.3 is 19.4 Å². The van der Waals surface area contributed by atoms with Crippen LogP contribution in [0.5, 0.6) is 0 Å². The van der Waals surface area contributed by atoms with E-state index in [2.05, 4.69) is 5.32 Å². The van der Waals surface area contributed by atoms with Crippen LogP contribution in [-0.2, 0) is 9.53 Å². The summed E-state index contributed by atoms with van der Waals surface area (Å²) in [7, 11) is 0. The molecule has 0 saturated carbocycles. The summed E-state index contributed by atoms with van der Waals surface area (Å²) in [5, 5.41) is 2.86. The Labute approximate surface area is 143 Å². The second kappa shape index (κ2) is 8.33. The molecule has 134 valence electrons. The molecule has 1 fully saturated rings. The predicted octanol–water partition coefficient (Wildman–Crippen LogP) is 2.43. The maximum Gasteiger partial charge on any atom is 0.257 e. The van der Waals surface area contributed by atoms with E-state index in [0.29, 0.717) is 30.2 Å². The number of nitrogens with one attached hydrogen (secondary N) is 1. The van der Waals surface area contributed by atoms with Crippen molar-refractivity contribution < 1.29 is 18.7 Å². The quantitative estimate of drug-likeness (QED) is 0.830. The van der Waals surface area contributed by atoms with Gasteiger partial charge in [-0.05, 0) is 46.6 Å². The van der Waals surface area contributed by atoms with Crippen molar-refractivity contribution in [3.05, 3.63) is 23.2 Å². The van der Waals surface area contributed by atoms with Gasteiger partial charge in [0.25, 0.3) is 5.91 Å². The van der Waals surface area contributed by atoms with Gasteiger partial charge in [-0.25, -0.2) is 0 Å². The number of furan rings is 1. The lowest BCUT2D eigenvalue weighted by Gasteiger charge is -2.25. The zero-order chi connectivity index (χ0) is 17.7. The number of hydrogen-bond donors (Lipinski definition) is 1. The van der Waals surface area contributed by atoms with Crippen LogP contribution in [0.2, 0.25) is 0 Å². The van der Waals surface area contributed by atoms with Crippen LogP contribution in [0.3, 0.4) is 0 Å². The molecular weight excluding hydrogens is 308 g/mol. The molecule has 1 aromatic rings. The minimum absolute atomic E-state index is 0.0461. The van der Waals surface area contributed by atoms with E-state index in [9.17, 15) is 9.59 Å². The molecule has 0 radical (unpaired) electrons. The minimum atomic E-state index is -0.0998. The van der Waals surface area contributed by atoms with Crippen LogP contribution in [0.25, 0.3) is 0 Å². The third-order valence-electron chi connectivity index (χ3n) is 4.07. The standard InChI is InChI=1S/C18H28N2O4/c1-12(2)19-17(21)7-8-20(11-15-6-5-9-23-15)18(22)16-10-13(3)24-14(16)4/h10,12,15H,5-9,11H2,1-4H3,(H,19,21). The van der Waals surface area contributed by atoms with Gasteiger partial charge in [0.2, 0.25) is 5.91 Å². The topological polar surface area (TPSA) is 71.8 Å². The summed E-state index contributed by atoms with van der Waals surface area (Å²) in [5.41, 5.74) is 0.565. The van der Waals surface area contributed by atoms with Gasteiger partial charge in [-0.1, -0.05) is 0 Å². The molecule has 0 aliphatic carbocycles. The van der Waals surface area contributed by atoms with Crippen molar-refractivity contribution in [2.45, 2.75) is 59.1 Å². The minimum Gasteiger partial charge on any atom is -0.466 e. The number of aryl methyl sites for hydroxylation is 2. The fourth-order valence-corrected chi connectivity index (χ4v) is 2.95.